The van der Waals surface area contributed by atoms with E-state index in [1.807, 2.05) is 13.8 Å². The van der Waals surface area contributed by atoms with Gasteiger partial charge >= 0.3 is 0 Å². The summed E-state index contributed by atoms with van der Waals surface area (Å²) >= 11 is 0. The van der Waals surface area contributed by atoms with Crippen molar-refractivity contribution in [3.05, 3.63) is 21.7 Å². The van der Waals surface area contributed by atoms with Gasteiger partial charge in [0, 0.05) is 24.3 Å². The van der Waals surface area contributed by atoms with Gasteiger partial charge in [-0.1, -0.05) is 21.3 Å². The van der Waals surface area contributed by atoms with Crippen LogP contribution in [-0.2, 0) is 0 Å². The van der Waals surface area contributed by atoms with Crippen LogP contribution in [0, 0.1) is 0 Å². The first-order valence-electron chi connectivity index (χ1n) is 7.27. The maximum absolute atomic E-state index is 11.2. The fourth-order valence-electron chi connectivity index (χ4n) is 2.42. The van der Waals surface area contributed by atoms with Crippen molar-refractivity contribution in [1.29, 1.82) is 0 Å². The molecule has 0 saturated carbocycles. The second kappa shape index (κ2) is 6.67. The fraction of sp³-hybridized carbons (Fsp3) is 0.333. The Morgan fingerprint density at radius 1 is 0.920 bits per heavy atom. The highest BCUT2D eigenvalue weighted by molar-refractivity contribution is 5.83. The van der Waals surface area contributed by atoms with Gasteiger partial charge in [-0.25, -0.2) is 9.97 Å². The van der Waals surface area contributed by atoms with Gasteiger partial charge in [0.05, 0.1) is 11.4 Å². The molecule has 0 aliphatic carbocycles. The summed E-state index contributed by atoms with van der Waals surface area (Å²) in [7, 11) is 0. The molecular weight excluding hydrogens is 322 g/mol. The molecule has 0 aromatic carbocycles. The zero-order valence-corrected chi connectivity index (χ0v) is 13.2. The van der Waals surface area contributed by atoms with E-state index in [9.17, 15) is 4.79 Å². The second-order valence-electron chi connectivity index (χ2n) is 5.52. The second-order valence-corrected chi connectivity index (χ2v) is 5.52. The molecule has 2 aliphatic heterocycles. The lowest BCUT2D eigenvalue weighted by Crippen LogP contribution is -2.12. The van der Waals surface area contributed by atoms with E-state index in [4.69, 9.17) is 17.2 Å². The normalized spacial score (nSPS) is 18.8. The van der Waals surface area contributed by atoms with Crippen LogP contribution in [0.2, 0.25) is 0 Å². The minimum absolute atomic E-state index is 0. The Labute approximate surface area is 144 Å². The van der Waals surface area contributed by atoms with Crippen LogP contribution in [0.5, 0.6) is 0 Å². The molecule has 2 atom stereocenters. The largest absolute Gasteiger partial charge is 0.382 e. The third-order valence-corrected chi connectivity index (χ3v) is 3.61. The number of aromatic nitrogens is 4. The molecule has 132 valence electrons. The van der Waals surface area contributed by atoms with E-state index in [0.29, 0.717) is 22.9 Å². The Balaban J connectivity index is 0.000000173. The Morgan fingerprint density at radius 3 is 2.12 bits per heavy atom. The molecule has 0 spiro atoms. The van der Waals surface area contributed by atoms with Gasteiger partial charge in [0.25, 0.3) is 5.56 Å². The van der Waals surface area contributed by atoms with Gasteiger partial charge in [-0.05, 0) is 0 Å². The van der Waals surface area contributed by atoms with Crippen LogP contribution < -0.4 is 22.8 Å². The highest BCUT2D eigenvalue weighted by Gasteiger charge is 2.20. The number of anilines is 3. The van der Waals surface area contributed by atoms with Crippen molar-refractivity contribution in [2.75, 3.05) is 17.2 Å². The maximum atomic E-state index is 11.2. The number of aliphatic imine (C=N–C) groups is 2. The van der Waals surface area contributed by atoms with E-state index < -0.39 is 0 Å². The number of nitrogens with two attached hydrogens (primary N) is 3. The summed E-state index contributed by atoms with van der Waals surface area (Å²) in [6, 6.07) is 0. The number of hydrogen-bond donors (Lipinski definition) is 4. The minimum Gasteiger partial charge on any atom is -0.382 e. The Hall–Kier alpha value is -3.30. The first-order chi connectivity index (χ1) is 11.4. The van der Waals surface area contributed by atoms with Gasteiger partial charge in [0.2, 0.25) is 11.9 Å². The molecule has 0 radical (unpaired) electrons. The van der Waals surface area contributed by atoms with Crippen molar-refractivity contribution >= 4 is 41.5 Å². The molecule has 2 aliphatic rings. The molecule has 10 heteroatoms. The summed E-state index contributed by atoms with van der Waals surface area (Å²) in [6.45, 7) is 3.91. The molecule has 25 heavy (non-hydrogen) atoms. The van der Waals surface area contributed by atoms with E-state index in [1.165, 1.54) is 0 Å². The summed E-state index contributed by atoms with van der Waals surface area (Å²) in [6.07, 6.45) is 3.47. The highest BCUT2D eigenvalue weighted by Crippen LogP contribution is 2.34. The quantitative estimate of drug-likeness (QED) is 0.556. The van der Waals surface area contributed by atoms with Crippen molar-refractivity contribution in [1.82, 2.24) is 19.9 Å². The molecule has 2 aromatic rings. The van der Waals surface area contributed by atoms with Crippen molar-refractivity contribution in [2.45, 2.75) is 33.1 Å². The average molecular weight is 343 g/mol. The highest BCUT2D eigenvalue weighted by atomic mass is 16.1. The standard InChI is InChI=1S/C7H9N5.C7H8N4O.CH4/c1-3-2-10-5-4(3)11-7(9)12-6(5)8;1-3-2-9-5-4(3)10-7(8)11-6(5)12;/h2-3H,1H3,(H4,8,9,11,12);2-3H,1H3,(H3,8,10,11,12);1H4. The predicted molar refractivity (Wildman–Crippen MR) is 100.0 cm³/mol. The van der Waals surface area contributed by atoms with Crippen LogP contribution in [0.3, 0.4) is 0 Å². The lowest BCUT2D eigenvalue weighted by atomic mass is 10.1. The minimum atomic E-state index is -0.266. The number of aromatic amines is 1. The third kappa shape index (κ3) is 3.32. The van der Waals surface area contributed by atoms with E-state index >= 15 is 0 Å². The lowest BCUT2D eigenvalue weighted by Gasteiger charge is -2.03. The topological polar surface area (TPSA) is 174 Å². The monoisotopic (exact) mass is 343 g/mol. The molecule has 4 heterocycles. The predicted octanol–water partition coefficient (Wildman–Crippen LogP) is 1.27. The smallest absolute Gasteiger partial charge is 0.278 e. The zero-order chi connectivity index (χ0) is 17.4. The molecular formula is C15H21N9O. The van der Waals surface area contributed by atoms with Crippen LogP contribution in [-0.4, -0.2) is 32.4 Å². The average Bonchev–Trinajstić information content (AvgIpc) is 3.05. The van der Waals surface area contributed by atoms with Crippen LogP contribution in [0.1, 0.15) is 44.5 Å². The summed E-state index contributed by atoms with van der Waals surface area (Å²) in [5, 5.41) is 0. The Kier molecular flexibility index (Phi) is 4.82. The van der Waals surface area contributed by atoms with Crippen molar-refractivity contribution in [3.63, 3.8) is 0 Å². The van der Waals surface area contributed by atoms with Gasteiger partial charge < -0.3 is 17.2 Å². The molecule has 10 nitrogen and oxygen atoms in total. The van der Waals surface area contributed by atoms with Gasteiger partial charge in [-0.2, -0.15) is 4.98 Å². The van der Waals surface area contributed by atoms with Gasteiger partial charge in [-0.3, -0.25) is 19.8 Å². The lowest BCUT2D eigenvalue weighted by molar-refractivity contribution is 0.969. The maximum Gasteiger partial charge on any atom is 0.278 e. The Morgan fingerprint density at radius 2 is 1.48 bits per heavy atom. The zero-order valence-electron chi connectivity index (χ0n) is 13.2. The number of fused-ring (bicyclic) bond motifs is 2. The summed E-state index contributed by atoms with van der Waals surface area (Å²) in [4.78, 5) is 33.5. The number of hydrogen-bond acceptors (Lipinski definition) is 9. The SMILES string of the molecule is C.CC1C=Nc2c(N)nc(N)nc21.CC1C=Nc2c1nc(N)[nH]c2=O. The summed E-state index contributed by atoms with van der Waals surface area (Å²) in [5.74, 6) is 0.995. The van der Waals surface area contributed by atoms with Crippen molar-refractivity contribution in [2.24, 2.45) is 9.98 Å². The van der Waals surface area contributed by atoms with E-state index in [2.05, 4.69) is 29.9 Å². The molecule has 0 amide bonds. The number of rotatable bonds is 0. The summed E-state index contributed by atoms with van der Waals surface area (Å²) in [5.41, 5.74) is 18.7. The van der Waals surface area contributed by atoms with Gasteiger partial charge in [0.1, 0.15) is 11.4 Å². The van der Waals surface area contributed by atoms with E-state index in [1.54, 1.807) is 12.4 Å². The first-order valence-corrected chi connectivity index (χ1v) is 7.27. The van der Waals surface area contributed by atoms with Crippen LogP contribution in [0.4, 0.5) is 29.1 Å². The van der Waals surface area contributed by atoms with Gasteiger partial charge in [-0.15, -0.1) is 0 Å². The number of H-pyrrole nitrogens is 1. The molecule has 2 aromatic heterocycles. The van der Waals surface area contributed by atoms with Crippen LogP contribution in [0.25, 0.3) is 0 Å². The van der Waals surface area contributed by atoms with Crippen molar-refractivity contribution in [3.8, 4) is 0 Å². The van der Waals surface area contributed by atoms with Crippen molar-refractivity contribution < 1.29 is 0 Å². The summed E-state index contributed by atoms with van der Waals surface area (Å²) < 4.78 is 0. The third-order valence-electron chi connectivity index (χ3n) is 3.61. The number of nitrogen functional groups attached to an aromatic ring is 3. The fourth-order valence-corrected chi connectivity index (χ4v) is 2.42. The molecule has 7 N–H and O–H groups in total. The van der Waals surface area contributed by atoms with Crippen LogP contribution in [0.15, 0.2) is 14.8 Å². The molecule has 0 fully saturated rings. The first kappa shape index (κ1) is 18.0. The van der Waals surface area contributed by atoms with Crippen LogP contribution >= 0.6 is 0 Å². The molecule has 0 saturated heterocycles. The Bertz CT molecular complexity index is 916. The van der Waals surface area contributed by atoms with Gasteiger partial charge in [0.15, 0.2) is 5.82 Å². The number of nitrogens with one attached hydrogen (secondary N) is 1. The molecule has 4 rings (SSSR count). The van der Waals surface area contributed by atoms with E-state index in [-0.39, 0.29) is 36.7 Å². The number of nitrogens with zero attached hydrogens (tertiary/aromatic N) is 5. The molecule has 0 bridgehead atoms. The van der Waals surface area contributed by atoms with E-state index in [0.717, 1.165) is 5.69 Å². The molecule has 2 unspecified atom stereocenters.